The van der Waals surface area contributed by atoms with Gasteiger partial charge in [-0.15, -0.1) is 0 Å². The zero-order valence-corrected chi connectivity index (χ0v) is 21.0. The average molecular weight is 441 g/mol. The van der Waals surface area contributed by atoms with Gasteiger partial charge in [0.15, 0.2) is 5.78 Å². The molecule has 4 aliphatic carbocycles. The van der Waals surface area contributed by atoms with Gasteiger partial charge in [0.2, 0.25) is 0 Å². The van der Waals surface area contributed by atoms with Crippen molar-refractivity contribution in [2.45, 2.75) is 91.9 Å². The van der Waals surface area contributed by atoms with Crippen LogP contribution in [-0.2, 0) is 14.3 Å². The molecule has 0 aliphatic heterocycles. The van der Waals surface area contributed by atoms with Gasteiger partial charge in [-0.3, -0.25) is 9.59 Å². The number of carbonyl (C=O) groups excluding carboxylic acids is 2. The first kappa shape index (κ1) is 23.8. The Hall–Kier alpha value is -1.38. The first-order chi connectivity index (χ1) is 15.2. The van der Waals surface area contributed by atoms with E-state index in [9.17, 15) is 9.59 Å². The highest BCUT2D eigenvalue weighted by molar-refractivity contribution is 5.91. The van der Waals surface area contributed by atoms with Gasteiger partial charge in [-0.25, -0.2) is 0 Å². The van der Waals surface area contributed by atoms with Crippen molar-refractivity contribution in [2.24, 2.45) is 46.3 Å². The molecule has 0 spiro atoms. The molecule has 8 atom stereocenters. The van der Waals surface area contributed by atoms with E-state index in [4.69, 9.17) is 4.74 Å². The quantitative estimate of drug-likeness (QED) is 0.333. The number of rotatable bonds is 6. The summed E-state index contributed by atoms with van der Waals surface area (Å²) in [4.78, 5) is 25.0. The third-order valence-corrected chi connectivity index (χ3v) is 10.6. The van der Waals surface area contributed by atoms with Gasteiger partial charge in [0.05, 0.1) is 13.0 Å². The molecule has 3 heteroatoms. The van der Waals surface area contributed by atoms with E-state index in [1.165, 1.54) is 37.7 Å². The van der Waals surface area contributed by atoms with E-state index < -0.39 is 0 Å². The molecular formula is C29H44O3. The minimum Gasteiger partial charge on any atom is -0.469 e. The van der Waals surface area contributed by atoms with E-state index in [2.05, 4.69) is 39.8 Å². The Bertz CT molecular complexity index is 794. The smallest absolute Gasteiger partial charge is 0.308 e. The molecule has 4 rings (SSSR count). The second-order valence-corrected chi connectivity index (χ2v) is 11.9. The van der Waals surface area contributed by atoms with Gasteiger partial charge in [0.1, 0.15) is 0 Å². The third kappa shape index (κ3) is 3.92. The second-order valence-electron chi connectivity index (χ2n) is 11.9. The van der Waals surface area contributed by atoms with Gasteiger partial charge >= 0.3 is 5.97 Å². The highest BCUT2D eigenvalue weighted by Gasteiger charge is 2.61. The van der Waals surface area contributed by atoms with E-state index in [-0.39, 0.29) is 22.7 Å². The molecule has 4 aliphatic rings. The average Bonchev–Trinajstić information content (AvgIpc) is 3.13. The molecule has 3 saturated carbocycles. The van der Waals surface area contributed by atoms with Crippen molar-refractivity contribution in [3.05, 3.63) is 23.8 Å². The Morgan fingerprint density at radius 3 is 2.69 bits per heavy atom. The van der Waals surface area contributed by atoms with Gasteiger partial charge in [0.25, 0.3) is 0 Å². The Morgan fingerprint density at radius 1 is 1.19 bits per heavy atom. The Morgan fingerprint density at radius 2 is 1.97 bits per heavy atom. The van der Waals surface area contributed by atoms with Gasteiger partial charge in [-0.05, 0) is 111 Å². The molecule has 0 saturated heterocycles. The molecule has 0 aromatic rings. The second kappa shape index (κ2) is 9.11. The molecule has 3 nitrogen and oxygen atoms in total. The van der Waals surface area contributed by atoms with Crippen LogP contribution >= 0.6 is 0 Å². The molecule has 0 amide bonds. The number of esters is 1. The largest absolute Gasteiger partial charge is 0.469 e. The van der Waals surface area contributed by atoms with Gasteiger partial charge in [0, 0.05) is 6.42 Å². The number of allylic oxidation sites excluding steroid dienone is 4. The molecule has 0 heterocycles. The number of hydrogen-bond acceptors (Lipinski definition) is 3. The fraction of sp³-hybridized carbons (Fsp3) is 0.793. The molecule has 178 valence electrons. The summed E-state index contributed by atoms with van der Waals surface area (Å²) in [6, 6.07) is 0. The van der Waals surface area contributed by atoms with Crippen LogP contribution in [0.3, 0.4) is 0 Å². The maximum absolute atomic E-state index is 12.9. The summed E-state index contributed by atoms with van der Waals surface area (Å²) in [6.45, 7) is 9.32. The number of ether oxygens (including phenoxy) is 1. The molecule has 0 radical (unpaired) electrons. The monoisotopic (exact) mass is 440 g/mol. The van der Waals surface area contributed by atoms with Crippen LogP contribution < -0.4 is 0 Å². The van der Waals surface area contributed by atoms with Crippen LogP contribution in [-0.4, -0.2) is 18.9 Å². The van der Waals surface area contributed by atoms with Crippen molar-refractivity contribution in [2.75, 3.05) is 7.11 Å². The van der Waals surface area contributed by atoms with E-state index in [0.29, 0.717) is 29.5 Å². The number of ketones is 1. The first-order valence-corrected chi connectivity index (χ1v) is 13.2. The molecular weight excluding hydrogens is 396 g/mol. The van der Waals surface area contributed by atoms with Crippen LogP contribution in [0.4, 0.5) is 0 Å². The fourth-order valence-corrected chi connectivity index (χ4v) is 8.62. The van der Waals surface area contributed by atoms with Crippen LogP contribution in [0.5, 0.6) is 0 Å². The van der Waals surface area contributed by atoms with E-state index >= 15 is 0 Å². The highest BCUT2D eigenvalue weighted by Crippen LogP contribution is 2.67. The van der Waals surface area contributed by atoms with Crippen molar-refractivity contribution in [1.82, 2.24) is 0 Å². The van der Waals surface area contributed by atoms with Crippen molar-refractivity contribution in [3.63, 3.8) is 0 Å². The third-order valence-electron chi connectivity index (χ3n) is 10.6. The van der Waals surface area contributed by atoms with Crippen LogP contribution in [0.2, 0.25) is 0 Å². The standard InChI is InChI=1S/C29H44O3/c1-6-19(2)8-7-9-23(27(31)32-5)25-13-12-24-22-11-10-20-18-21(30)14-16-28(20,3)26(22)15-17-29(24,25)4/h8,14,16,20,22-26H,6-7,9-13,15,17-18H2,1-5H3/b19-8+/t20-,22-,23+,24-,25+,26-,28-,29-/m0/s1. The zero-order chi connectivity index (χ0) is 23.1. The van der Waals surface area contributed by atoms with Gasteiger partial charge in [-0.2, -0.15) is 0 Å². The lowest BCUT2D eigenvalue weighted by molar-refractivity contribution is -0.152. The number of methoxy groups -OCH3 is 1. The maximum atomic E-state index is 12.9. The predicted octanol–water partition coefficient (Wildman–Crippen LogP) is 6.92. The van der Waals surface area contributed by atoms with Crippen molar-refractivity contribution >= 4 is 11.8 Å². The summed E-state index contributed by atoms with van der Waals surface area (Å²) >= 11 is 0. The van der Waals surface area contributed by atoms with E-state index in [1.807, 2.05) is 6.08 Å². The summed E-state index contributed by atoms with van der Waals surface area (Å²) in [6.07, 6.45) is 17.5. The first-order valence-electron chi connectivity index (χ1n) is 13.2. The van der Waals surface area contributed by atoms with Gasteiger partial charge in [-0.1, -0.05) is 38.5 Å². The molecule has 0 aromatic heterocycles. The normalized spacial score (nSPS) is 42.1. The zero-order valence-electron chi connectivity index (χ0n) is 21.0. The summed E-state index contributed by atoms with van der Waals surface area (Å²) in [5.41, 5.74) is 1.83. The summed E-state index contributed by atoms with van der Waals surface area (Å²) in [5, 5.41) is 0. The predicted molar refractivity (Wildman–Crippen MR) is 129 cm³/mol. The fourth-order valence-electron chi connectivity index (χ4n) is 8.62. The number of fused-ring (bicyclic) bond motifs is 5. The summed E-state index contributed by atoms with van der Waals surface area (Å²) in [7, 11) is 1.56. The summed E-state index contributed by atoms with van der Waals surface area (Å²) < 4.78 is 5.34. The lowest BCUT2D eigenvalue weighted by Crippen LogP contribution is -2.53. The van der Waals surface area contributed by atoms with Crippen LogP contribution in [0.15, 0.2) is 23.8 Å². The lowest BCUT2D eigenvalue weighted by Gasteiger charge is -2.59. The Labute approximate surface area is 195 Å². The molecule has 3 fully saturated rings. The lowest BCUT2D eigenvalue weighted by atomic mass is 9.45. The van der Waals surface area contributed by atoms with Crippen molar-refractivity contribution < 1.29 is 14.3 Å². The number of carbonyl (C=O) groups is 2. The minimum absolute atomic E-state index is 0.00551. The number of hydrogen-bond donors (Lipinski definition) is 0. The molecule has 32 heavy (non-hydrogen) atoms. The molecule has 0 bridgehead atoms. The van der Waals surface area contributed by atoms with E-state index in [0.717, 1.165) is 38.0 Å². The van der Waals surface area contributed by atoms with Crippen LogP contribution in [0.1, 0.15) is 91.9 Å². The minimum atomic E-state index is 0.00551. The topological polar surface area (TPSA) is 43.4 Å². The Balaban J connectivity index is 1.55. The maximum Gasteiger partial charge on any atom is 0.308 e. The van der Waals surface area contributed by atoms with Gasteiger partial charge < -0.3 is 4.74 Å². The summed E-state index contributed by atoms with van der Waals surface area (Å²) in [5.74, 6) is 3.44. The Kier molecular flexibility index (Phi) is 6.76. The van der Waals surface area contributed by atoms with Crippen molar-refractivity contribution in [3.8, 4) is 0 Å². The molecule has 0 N–H and O–H groups in total. The molecule has 0 aromatic carbocycles. The van der Waals surface area contributed by atoms with Crippen LogP contribution in [0, 0.1) is 46.3 Å². The van der Waals surface area contributed by atoms with Crippen LogP contribution in [0.25, 0.3) is 0 Å². The van der Waals surface area contributed by atoms with E-state index in [1.54, 1.807) is 7.11 Å². The highest BCUT2D eigenvalue weighted by atomic mass is 16.5. The van der Waals surface area contributed by atoms with Crippen molar-refractivity contribution in [1.29, 1.82) is 0 Å². The molecule has 0 unspecified atom stereocenters. The SMILES string of the molecule is CC/C(C)=C/CC[C@@H](C(=O)OC)[C@H]1CC[C@H]2[C@@H]3CC[C@H]4CC(=O)C=C[C@]4(C)[C@H]3CC[C@]12C.